The lowest BCUT2D eigenvalue weighted by molar-refractivity contribution is 0.497. The summed E-state index contributed by atoms with van der Waals surface area (Å²) in [5, 5.41) is 2.08. The summed E-state index contributed by atoms with van der Waals surface area (Å²) < 4.78 is 53.6. The summed E-state index contributed by atoms with van der Waals surface area (Å²) in [5.41, 5.74) is 3.43. The van der Waals surface area contributed by atoms with Crippen LogP contribution in [0.5, 0.6) is 0 Å². The quantitative estimate of drug-likeness (QED) is 0.565. The summed E-state index contributed by atoms with van der Waals surface area (Å²) in [5.74, 6) is -2.06. The first-order chi connectivity index (χ1) is 14.4. The molecule has 30 heavy (non-hydrogen) atoms. The van der Waals surface area contributed by atoms with E-state index in [4.69, 9.17) is 4.98 Å². The number of benzene rings is 2. The van der Waals surface area contributed by atoms with Gasteiger partial charge in [-0.25, -0.2) is 22.2 Å². The van der Waals surface area contributed by atoms with Crippen LogP contribution in [0, 0.1) is 18.6 Å². The molecule has 4 nitrogen and oxygen atoms in total. The van der Waals surface area contributed by atoms with E-state index in [-0.39, 0.29) is 0 Å². The van der Waals surface area contributed by atoms with Crippen molar-refractivity contribution in [1.29, 1.82) is 0 Å². The zero-order chi connectivity index (χ0) is 21.3. The monoisotopic (exact) mass is 448 g/mol. The molecule has 0 aliphatic carbocycles. The molecule has 4 rings (SSSR count). The molecule has 0 amide bonds. The van der Waals surface area contributed by atoms with E-state index in [0.29, 0.717) is 25.9 Å². The first kappa shape index (κ1) is 20.9. The van der Waals surface area contributed by atoms with Gasteiger partial charge >= 0.3 is 0 Å². The minimum absolute atomic E-state index is 0.308. The van der Waals surface area contributed by atoms with Gasteiger partial charge in [0.05, 0.1) is 10.9 Å². The van der Waals surface area contributed by atoms with Gasteiger partial charge in [0.1, 0.15) is 16.5 Å². The number of rotatable bonds is 5. The number of piperidine rings is 1. The van der Waals surface area contributed by atoms with Crippen LogP contribution in [-0.4, -0.2) is 31.7 Å². The summed E-state index contributed by atoms with van der Waals surface area (Å²) in [6.45, 7) is 3.04. The Morgan fingerprint density at radius 3 is 2.40 bits per heavy atom. The molecule has 1 saturated heterocycles. The Hall–Kier alpha value is -2.32. The van der Waals surface area contributed by atoms with Crippen LogP contribution in [0.4, 0.5) is 13.9 Å². The van der Waals surface area contributed by atoms with Crippen LogP contribution in [-0.2, 0) is 16.3 Å². The number of aryl methyl sites for hydroxylation is 1. The maximum atomic E-state index is 14.0. The van der Waals surface area contributed by atoms with Gasteiger partial charge in [0.2, 0.25) is 0 Å². The van der Waals surface area contributed by atoms with Gasteiger partial charge in [-0.1, -0.05) is 30.3 Å². The first-order valence-corrected chi connectivity index (χ1v) is 12.2. The Morgan fingerprint density at radius 1 is 1.07 bits per heavy atom. The van der Waals surface area contributed by atoms with E-state index in [1.807, 2.05) is 17.5 Å². The van der Waals surface area contributed by atoms with E-state index in [0.717, 1.165) is 29.4 Å². The molecule has 1 aliphatic heterocycles. The normalized spacial score (nSPS) is 15.5. The second kappa shape index (κ2) is 8.43. The third kappa shape index (κ3) is 4.11. The topological polar surface area (TPSA) is 50.3 Å². The van der Waals surface area contributed by atoms with Gasteiger partial charge in [0.15, 0.2) is 15.0 Å². The zero-order valence-corrected chi connectivity index (χ0v) is 18.1. The van der Waals surface area contributed by atoms with Gasteiger partial charge in [-0.3, -0.25) is 0 Å². The highest BCUT2D eigenvalue weighted by molar-refractivity contribution is 7.92. The van der Waals surface area contributed by atoms with Crippen LogP contribution in [0.25, 0.3) is 0 Å². The molecule has 2 aromatic carbocycles. The van der Waals surface area contributed by atoms with Crippen molar-refractivity contribution < 1.29 is 17.2 Å². The molecule has 1 fully saturated rings. The highest BCUT2D eigenvalue weighted by Gasteiger charge is 2.35. The SMILES string of the molecule is Cc1ccccc1Cc1csc(N2CCC(S(=O)(=O)c3c(F)cccc3F)CC2)n1. The number of halogens is 2. The zero-order valence-electron chi connectivity index (χ0n) is 16.5. The molecule has 0 atom stereocenters. The third-order valence-electron chi connectivity index (χ3n) is 5.53. The Kier molecular flexibility index (Phi) is 5.88. The molecular formula is C22H22F2N2O2S2. The number of sulfone groups is 1. The lowest BCUT2D eigenvalue weighted by Crippen LogP contribution is -2.39. The summed E-state index contributed by atoms with van der Waals surface area (Å²) in [4.78, 5) is 5.96. The molecule has 8 heteroatoms. The highest BCUT2D eigenvalue weighted by atomic mass is 32.2. The standard InChI is InChI=1S/C22H22F2N2O2S2/c1-15-5-2-3-6-16(15)13-17-14-29-22(25-17)26-11-9-18(10-12-26)30(27,28)21-19(23)7-4-8-20(21)24/h2-8,14,18H,9-13H2,1H3. The van der Waals surface area contributed by atoms with Crippen molar-refractivity contribution in [3.05, 3.63) is 76.3 Å². The van der Waals surface area contributed by atoms with Crippen molar-refractivity contribution in [2.24, 2.45) is 0 Å². The lowest BCUT2D eigenvalue weighted by Gasteiger charge is -2.31. The first-order valence-electron chi connectivity index (χ1n) is 9.78. The molecule has 0 radical (unpaired) electrons. The summed E-state index contributed by atoms with van der Waals surface area (Å²) in [6.07, 6.45) is 1.37. The minimum Gasteiger partial charge on any atom is -0.348 e. The number of thiazole rings is 1. The molecular weight excluding hydrogens is 426 g/mol. The number of hydrogen-bond donors (Lipinski definition) is 0. The van der Waals surface area contributed by atoms with Crippen molar-refractivity contribution in [1.82, 2.24) is 4.98 Å². The van der Waals surface area contributed by atoms with E-state index in [1.54, 1.807) is 0 Å². The van der Waals surface area contributed by atoms with Crippen LogP contribution >= 0.6 is 11.3 Å². The van der Waals surface area contributed by atoms with Gasteiger partial charge < -0.3 is 4.90 Å². The van der Waals surface area contributed by atoms with Gasteiger partial charge in [-0.05, 0) is 43.0 Å². The summed E-state index contributed by atoms with van der Waals surface area (Å²) in [6, 6.07) is 11.3. The summed E-state index contributed by atoms with van der Waals surface area (Å²) >= 11 is 1.54. The Labute approximate surface area is 179 Å². The van der Waals surface area contributed by atoms with Gasteiger partial charge in [0.25, 0.3) is 0 Å². The smallest absolute Gasteiger partial charge is 0.187 e. The van der Waals surface area contributed by atoms with Crippen LogP contribution in [0.3, 0.4) is 0 Å². The van der Waals surface area contributed by atoms with Crippen LogP contribution in [0.1, 0.15) is 29.7 Å². The molecule has 2 heterocycles. The van der Waals surface area contributed by atoms with E-state index in [2.05, 4.69) is 24.0 Å². The number of aromatic nitrogens is 1. The van der Waals surface area contributed by atoms with E-state index >= 15 is 0 Å². The fourth-order valence-corrected chi connectivity index (χ4v) is 6.53. The maximum absolute atomic E-state index is 14.0. The van der Waals surface area contributed by atoms with E-state index < -0.39 is 31.6 Å². The van der Waals surface area contributed by atoms with Crippen molar-refractivity contribution >= 4 is 26.3 Å². The second-order valence-electron chi connectivity index (χ2n) is 7.51. The molecule has 0 bridgehead atoms. The van der Waals surface area contributed by atoms with Crippen LogP contribution in [0.2, 0.25) is 0 Å². The van der Waals surface area contributed by atoms with Crippen LogP contribution < -0.4 is 4.90 Å². The molecule has 0 unspecified atom stereocenters. The molecule has 0 spiro atoms. The van der Waals surface area contributed by atoms with E-state index in [1.165, 1.54) is 28.5 Å². The predicted molar refractivity (Wildman–Crippen MR) is 115 cm³/mol. The minimum atomic E-state index is -4.06. The van der Waals surface area contributed by atoms with Crippen molar-refractivity contribution in [2.75, 3.05) is 18.0 Å². The Morgan fingerprint density at radius 2 is 1.73 bits per heavy atom. The van der Waals surface area contributed by atoms with Gasteiger partial charge in [0, 0.05) is 24.9 Å². The molecule has 3 aromatic rings. The van der Waals surface area contributed by atoms with Crippen molar-refractivity contribution in [2.45, 2.75) is 36.3 Å². The third-order valence-corrected chi connectivity index (χ3v) is 8.79. The Balaban J connectivity index is 1.44. The maximum Gasteiger partial charge on any atom is 0.187 e. The fourth-order valence-electron chi connectivity index (χ4n) is 3.80. The number of nitrogens with zero attached hydrogens (tertiary/aromatic N) is 2. The van der Waals surface area contributed by atoms with Gasteiger partial charge in [-0.2, -0.15) is 0 Å². The fraction of sp³-hybridized carbons (Fsp3) is 0.318. The highest BCUT2D eigenvalue weighted by Crippen LogP contribution is 2.31. The van der Waals surface area contributed by atoms with Gasteiger partial charge in [-0.15, -0.1) is 11.3 Å². The van der Waals surface area contributed by atoms with Crippen molar-refractivity contribution in [3.63, 3.8) is 0 Å². The van der Waals surface area contributed by atoms with Crippen molar-refractivity contribution in [3.8, 4) is 0 Å². The molecule has 158 valence electrons. The largest absolute Gasteiger partial charge is 0.348 e. The molecule has 0 N–H and O–H groups in total. The number of hydrogen-bond acceptors (Lipinski definition) is 5. The average molecular weight is 449 g/mol. The number of anilines is 1. The molecule has 0 saturated carbocycles. The molecule has 1 aromatic heterocycles. The predicted octanol–water partition coefficient (Wildman–Crippen LogP) is 4.76. The molecule has 1 aliphatic rings. The second-order valence-corrected chi connectivity index (χ2v) is 10.5. The van der Waals surface area contributed by atoms with Crippen LogP contribution in [0.15, 0.2) is 52.7 Å². The lowest BCUT2D eigenvalue weighted by atomic mass is 10.1. The van der Waals surface area contributed by atoms with E-state index in [9.17, 15) is 17.2 Å². The average Bonchev–Trinajstić information content (AvgIpc) is 3.18. The Bertz CT molecular complexity index is 1130. The summed E-state index contributed by atoms with van der Waals surface area (Å²) in [7, 11) is -4.06.